The molecular formula is C16H15N3. The Labute approximate surface area is 112 Å². The number of hydrogen-bond donors (Lipinski definition) is 1. The van der Waals surface area contributed by atoms with E-state index in [-0.39, 0.29) is 5.92 Å². The summed E-state index contributed by atoms with van der Waals surface area (Å²) in [7, 11) is 0. The normalized spacial score (nSPS) is 17.6. The third-order valence-electron chi connectivity index (χ3n) is 3.19. The fraction of sp³-hybridized carbons (Fsp3) is 0.125. The van der Waals surface area contributed by atoms with Gasteiger partial charge in [0.05, 0.1) is 11.4 Å². The summed E-state index contributed by atoms with van der Waals surface area (Å²) < 4.78 is 0. The number of hydrogen-bond acceptors (Lipinski definition) is 3. The van der Waals surface area contributed by atoms with Crippen LogP contribution in [0.3, 0.4) is 0 Å². The largest absolute Gasteiger partial charge is 0.368 e. The molecule has 3 rings (SSSR count). The lowest BCUT2D eigenvalue weighted by Crippen LogP contribution is -2.05. The monoisotopic (exact) mass is 249 g/mol. The molecule has 0 aliphatic heterocycles. The van der Waals surface area contributed by atoms with Crippen LogP contribution in [0.2, 0.25) is 0 Å². The van der Waals surface area contributed by atoms with Crippen LogP contribution in [0.5, 0.6) is 0 Å². The summed E-state index contributed by atoms with van der Waals surface area (Å²) in [4.78, 5) is 8.69. The molecular weight excluding hydrogens is 234 g/mol. The number of rotatable bonds is 2. The highest BCUT2D eigenvalue weighted by Gasteiger charge is 2.13. The highest BCUT2D eigenvalue weighted by Crippen LogP contribution is 2.26. The van der Waals surface area contributed by atoms with Crippen molar-refractivity contribution in [3.63, 3.8) is 0 Å². The van der Waals surface area contributed by atoms with Crippen LogP contribution in [0, 0.1) is 0 Å². The van der Waals surface area contributed by atoms with Gasteiger partial charge in [0.1, 0.15) is 0 Å². The third-order valence-corrected chi connectivity index (χ3v) is 3.19. The maximum atomic E-state index is 5.84. The standard InChI is InChI=1S/C16H15N3/c17-16-18-14(12-7-3-1-4-8-12)11-15(19-16)13-9-5-2-6-10-13/h1-9,11,13H,10H2,(H2,17,18,19). The first-order valence-electron chi connectivity index (χ1n) is 6.36. The predicted molar refractivity (Wildman–Crippen MR) is 77.5 cm³/mol. The Morgan fingerprint density at radius 2 is 1.89 bits per heavy atom. The summed E-state index contributed by atoms with van der Waals surface area (Å²) in [6, 6.07) is 12.1. The van der Waals surface area contributed by atoms with Gasteiger partial charge in [-0.2, -0.15) is 0 Å². The summed E-state index contributed by atoms with van der Waals surface area (Å²) in [5.41, 5.74) is 8.76. The number of aromatic nitrogens is 2. The minimum Gasteiger partial charge on any atom is -0.368 e. The Kier molecular flexibility index (Phi) is 3.11. The topological polar surface area (TPSA) is 51.8 Å². The van der Waals surface area contributed by atoms with Gasteiger partial charge in [-0.15, -0.1) is 0 Å². The molecule has 3 nitrogen and oxygen atoms in total. The fourth-order valence-electron chi connectivity index (χ4n) is 2.23. The lowest BCUT2D eigenvalue weighted by atomic mass is 9.96. The van der Waals surface area contributed by atoms with Gasteiger partial charge < -0.3 is 5.73 Å². The molecule has 1 atom stereocenters. The summed E-state index contributed by atoms with van der Waals surface area (Å²) in [5, 5.41) is 0. The van der Waals surface area contributed by atoms with E-state index in [0.29, 0.717) is 5.95 Å². The second kappa shape index (κ2) is 5.06. The SMILES string of the molecule is Nc1nc(-c2ccccc2)cc(C2C=CC=CC2)n1. The molecule has 3 heteroatoms. The summed E-state index contributed by atoms with van der Waals surface area (Å²) in [5.74, 6) is 0.622. The Hall–Kier alpha value is -2.42. The number of nitrogens with zero attached hydrogens (tertiary/aromatic N) is 2. The van der Waals surface area contributed by atoms with E-state index < -0.39 is 0 Å². The number of nitrogen functional groups attached to an aromatic ring is 1. The summed E-state index contributed by atoms with van der Waals surface area (Å²) in [6.07, 6.45) is 9.36. The number of benzene rings is 1. The van der Waals surface area contributed by atoms with Gasteiger partial charge in [0.15, 0.2) is 0 Å². The van der Waals surface area contributed by atoms with Gasteiger partial charge in [0.2, 0.25) is 5.95 Å². The Bertz CT molecular complexity index is 630. The van der Waals surface area contributed by atoms with E-state index in [0.717, 1.165) is 23.4 Å². The van der Waals surface area contributed by atoms with Gasteiger partial charge in [-0.05, 0) is 12.5 Å². The first-order valence-corrected chi connectivity index (χ1v) is 6.36. The minimum absolute atomic E-state index is 0.290. The van der Waals surface area contributed by atoms with Crippen LogP contribution in [-0.2, 0) is 0 Å². The van der Waals surface area contributed by atoms with Gasteiger partial charge >= 0.3 is 0 Å². The molecule has 0 fully saturated rings. The molecule has 1 unspecified atom stereocenters. The van der Waals surface area contributed by atoms with E-state index in [4.69, 9.17) is 5.73 Å². The van der Waals surface area contributed by atoms with Gasteiger partial charge in [0, 0.05) is 11.5 Å². The number of anilines is 1. The minimum atomic E-state index is 0.290. The van der Waals surface area contributed by atoms with Crippen molar-refractivity contribution in [2.24, 2.45) is 0 Å². The van der Waals surface area contributed by atoms with Crippen molar-refractivity contribution < 1.29 is 0 Å². The zero-order chi connectivity index (χ0) is 13.1. The molecule has 0 radical (unpaired) electrons. The zero-order valence-electron chi connectivity index (χ0n) is 10.5. The summed E-state index contributed by atoms with van der Waals surface area (Å²) in [6.45, 7) is 0. The van der Waals surface area contributed by atoms with Crippen molar-refractivity contribution in [2.75, 3.05) is 5.73 Å². The molecule has 0 saturated carbocycles. The lowest BCUT2D eigenvalue weighted by Gasteiger charge is -2.14. The van der Waals surface area contributed by atoms with E-state index in [1.165, 1.54) is 0 Å². The first kappa shape index (κ1) is 11.7. The molecule has 0 bridgehead atoms. The van der Waals surface area contributed by atoms with Gasteiger partial charge in [-0.3, -0.25) is 0 Å². The molecule has 2 N–H and O–H groups in total. The molecule has 1 aliphatic carbocycles. The fourth-order valence-corrected chi connectivity index (χ4v) is 2.23. The van der Waals surface area contributed by atoms with Crippen LogP contribution in [0.1, 0.15) is 18.0 Å². The van der Waals surface area contributed by atoms with Crippen LogP contribution in [-0.4, -0.2) is 9.97 Å². The molecule has 1 aromatic heterocycles. The smallest absolute Gasteiger partial charge is 0.220 e. The summed E-state index contributed by atoms with van der Waals surface area (Å²) >= 11 is 0. The van der Waals surface area contributed by atoms with E-state index >= 15 is 0 Å². The van der Waals surface area contributed by atoms with Crippen molar-refractivity contribution in [2.45, 2.75) is 12.3 Å². The number of nitrogens with two attached hydrogens (primary N) is 1. The van der Waals surface area contributed by atoms with E-state index in [1.54, 1.807) is 0 Å². The Balaban J connectivity index is 2.01. The highest BCUT2D eigenvalue weighted by molar-refractivity contribution is 5.60. The molecule has 1 aromatic carbocycles. The van der Waals surface area contributed by atoms with Crippen LogP contribution >= 0.6 is 0 Å². The second-order valence-corrected chi connectivity index (χ2v) is 4.56. The Morgan fingerprint density at radius 3 is 2.63 bits per heavy atom. The second-order valence-electron chi connectivity index (χ2n) is 4.56. The molecule has 0 saturated heterocycles. The molecule has 94 valence electrons. The van der Waals surface area contributed by atoms with Crippen molar-refractivity contribution in [3.8, 4) is 11.3 Å². The van der Waals surface area contributed by atoms with Crippen molar-refractivity contribution in [1.29, 1.82) is 0 Å². The van der Waals surface area contributed by atoms with Crippen molar-refractivity contribution >= 4 is 5.95 Å². The molecule has 1 aliphatic rings. The van der Waals surface area contributed by atoms with Gasteiger partial charge in [0.25, 0.3) is 0 Å². The quantitative estimate of drug-likeness (QED) is 0.888. The predicted octanol–water partition coefficient (Wildman–Crippen LogP) is 3.33. The first-order chi connectivity index (χ1) is 9.33. The maximum Gasteiger partial charge on any atom is 0.220 e. The highest BCUT2D eigenvalue weighted by atomic mass is 15.0. The van der Waals surface area contributed by atoms with E-state index in [1.807, 2.05) is 36.4 Å². The van der Waals surface area contributed by atoms with Gasteiger partial charge in [-0.1, -0.05) is 54.6 Å². The van der Waals surface area contributed by atoms with Gasteiger partial charge in [-0.25, -0.2) is 9.97 Å². The molecule has 0 spiro atoms. The van der Waals surface area contributed by atoms with E-state index in [9.17, 15) is 0 Å². The third kappa shape index (κ3) is 2.55. The number of allylic oxidation sites excluding steroid dienone is 4. The average Bonchev–Trinajstić information content (AvgIpc) is 2.48. The average molecular weight is 249 g/mol. The maximum absolute atomic E-state index is 5.84. The van der Waals surface area contributed by atoms with Crippen LogP contribution in [0.25, 0.3) is 11.3 Å². The molecule has 1 heterocycles. The van der Waals surface area contributed by atoms with Crippen LogP contribution < -0.4 is 5.73 Å². The van der Waals surface area contributed by atoms with E-state index in [2.05, 4.69) is 34.3 Å². The molecule has 19 heavy (non-hydrogen) atoms. The lowest BCUT2D eigenvalue weighted by molar-refractivity contribution is 0.812. The zero-order valence-corrected chi connectivity index (χ0v) is 10.5. The van der Waals surface area contributed by atoms with Crippen molar-refractivity contribution in [3.05, 3.63) is 66.4 Å². The molecule has 0 amide bonds. The Morgan fingerprint density at radius 1 is 1.05 bits per heavy atom. The van der Waals surface area contributed by atoms with Crippen LogP contribution in [0.15, 0.2) is 60.7 Å². The van der Waals surface area contributed by atoms with Crippen LogP contribution in [0.4, 0.5) is 5.95 Å². The van der Waals surface area contributed by atoms with Crippen molar-refractivity contribution in [1.82, 2.24) is 9.97 Å². The molecule has 2 aromatic rings.